The molecule has 0 unspecified atom stereocenters. The molecule has 0 aliphatic heterocycles. The topological polar surface area (TPSA) is 69.2 Å². The number of anilines is 1. The molecule has 0 saturated carbocycles. The summed E-state index contributed by atoms with van der Waals surface area (Å²) in [5.74, 6) is 1.24. The van der Waals surface area contributed by atoms with Crippen LogP contribution in [0.15, 0.2) is 24.3 Å². The molecule has 6 nitrogen and oxygen atoms in total. The fourth-order valence-corrected chi connectivity index (χ4v) is 1.77. The van der Waals surface area contributed by atoms with Crippen molar-refractivity contribution in [1.29, 1.82) is 0 Å². The molecule has 0 saturated heterocycles. The summed E-state index contributed by atoms with van der Waals surface area (Å²) in [6, 6.07) is 8.08. The van der Waals surface area contributed by atoms with E-state index in [0.717, 1.165) is 12.2 Å². The van der Waals surface area contributed by atoms with Gasteiger partial charge in [-0.2, -0.15) is 15.0 Å². The van der Waals surface area contributed by atoms with Crippen LogP contribution in [0.3, 0.4) is 0 Å². The lowest BCUT2D eigenvalue weighted by Crippen LogP contribution is -2.09. The molecule has 0 amide bonds. The third-order valence-electron chi connectivity index (χ3n) is 2.63. The van der Waals surface area contributed by atoms with E-state index in [2.05, 4.69) is 20.3 Å². The number of halogens is 1. The Morgan fingerprint density at radius 3 is 2.45 bits per heavy atom. The number of methoxy groups -OCH3 is 2. The highest BCUT2D eigenvalue weighted by atomic mass is 35.5. The predicted octanol–water partition coefficient (Wildman–Crippen LogP) is 2.20. The predicted molar refractivity (Wildman–Crippen MR) is 76.6 cm³/mol. The van der Waals surface area contributed by atoms with Gasteiger partial charge in [-0.3, -0.25) is 0 Å². The maximum atomic E-state index is 5.76. The first-order valence-corrected chi connectivity index (χ1v) is 6.41. The van der Waals surface area contributed by atoms with Crippen LogP contribution in [0.4, 0.5) is 5.95 Å². The summed E-state index contributed by atoms with van der Waals surface area (Å²) >= 11 is 5.76. The lowest BCUT2D eigenvalue weighted by molar-refractivity contribution is 0.379. The van der Waals surface area contributed by atoms with Crippen molar-refractivity contribution in [1.82, 2.24) is 15.0 Å². The minimum Gasteiger partial charge on any atom is -0.497 e. The SMILES string of the molecule is COc1ccc(CCNc2nc(Cl)nc(OC)n2)cc1. The van der Waals surface area contributed by atoms with Crippen molar-refractivity contribution in [2.24, 2.45) is 0 Å². The number of nitrogens with zero attached hydrogens (tertiary/aromatic N) is 3. The maximum absolute atomic E-state index is 5.76. The van der Waals surface area contributed by atoms with Crippen molar-refractivity contribution in [3.63, 3.8) is 0 Å². The third kappa shape index (κ3) is 3.96. The van der Waals surface area contributed by atoms with Crippen LogP contribution >= 0.6 is 11.6 Å². The maximum Gasteiger partial charge on any atom is 0.322 e. The number of hydrogen-bond acceptors (Lipinski definition) is 6. The van der Waals surface area contributed by atoms with E-state index in [1.54, 1.807) is 7.11 Å². The number of nitrogens with one attached hydrogen (secondary N) is 1. The standard InChI is InChI=1S/C13H15ClN4O2/c1-19-10-5-3-9(4-6-10)7-8-15-12-16-11(14)17-13(18-12)20-2/h3-6H,7-8H2,1-2H3,(H,15,16,17,18). The summed E-state index contributed by atoms with van der Waals surface area (Å²) in [5.41, 5.74) is 1.19. The fourth-order valence-electron chi connectivity index (χ4n) is 1.61. The molecular formula is C13H15ClN4O2. The van der Waals surface area contributed by atoms with Crippen LogP contribution in [0.1, 0.15) is 5.56 Å². The quantitative estimate of drug-likeness (QED) is 0.881. The minimum atomic E-state index is 0.101. The lowest BCUT2D eigenvalue weighted by atomic mass is 10.1. The molecule has 0 spiro atoms. The molecule has 2 aromatic rings. The first kappa shape index (κ1) is 14.3. The largest absolute Gasteiger partial charge is 0.497 e. The summed E-state index contributed by atoms with van der Waals surface area (Å²) in [6.07, 6.45) is 0.829. The summed E-state index contributed by atoms with van der Waals surface area (Å²) in [4.78, 5) is 11.8. The van der Waals surface area contributed by atoms with Gasteiger partial charge in [0.15, 0.2) is 0 Å². The van der Waals surface area contributed by atoms with E-state index in [1.165, 1.54) is 12.7 Å². The average Bonchev–Trinajstić information content (AvgIpc) is 2.47. The zero-order valence-electron chi connectivity index (χ0n) is 11.3. The van der Waals surface area contributed by atoms with Gasteiger partial charge in [0.1, 0.15) is 5.75 Å². The monoisotopic (exact) mass is 294 g/mol. The Bertz CT molecular complexity index is 563. The van der Waals surface area contributed by atoms with Crippen molar-refractivity contribution in [3.05, 3.63) is 35.1 Å². The normalized spacial score (nSPS) is 10.2. The number of ether oxygens (including phenoxy) is 2. The molecule has 1 aromatic carbocycles. The zero-order chi connectivity index (χ0) is 14.4. The van der Waals surface area contributed by atoms with Gasteiger partial charge in [-0.05, 0) is 35.7 Å². The van der Waals surface area contributed by atoms with Gasteiger partial charge in [0.05, 0.1) is 14.2 Å². The molecule has 0 aliphatic rings. The Kier molecular flexibility index (Phi) is 4.95. The second kappa shape index (κ2) is 6.91. The van der Waals surface area contributed by atoms with Crippen molar-refractivity contribution < 1.29 is 9.47 Å². The Balaban J connectivity index is 1.90. The average molecular weight is 295 g/mol. The number of aromatic nitrogens is 3. The van der Waals surface area contributed by atoms with Crippen molar-refractivity contribution >= 4 is 17.5 Å². The van der Waals surface area contributed by atoms with E-state index < -0.39 is 0 Å². The summed E-state index contributed by atoms with van der Waals surface area (Å²) in [7, 11) is 3.13. The number of hydrogen-bond donors (Lipinski definition) is 1. The molecular weight excluding hydrogens is 280 g/mol. The first-order valence-electron chi connectivity index (χ1n) is 6.03. The van der Waals surface area contributed by atoms with Gasteiger partial charge in [0.25, 0.3) is 0 Å². The van der Waals surface area contributed by atoms with Gasteiger partial charge < -0.3 is 14.8 Å². The Hall–Kier alpha value is -2.08. The highest BCUT2D eigenvalue weighted by molar-refractivity contribution is 6.28. The van der Waals surface area contributed by atoms with Gasteiger partial charge in [0, 0.05) is 6.54 Å². The van der Waals surface area contributed by atoms with Crippen LogP contribution in [0, 0.1) is 0 Å². The lowest BCUT2D eigenvalue weighted by Gasteiger charge is -2.06. The smallest absolute Gasteiger partial charge is 0.322 e. The van der Waals surface area contributed by atoms with E-state index in [9.17, 15) is 0 Å². The molecule has 0 bridgehead atoms. The van der Waals surface area contributed by atoms with Crippen molar-refractivity contribution in [3.8, 4) is 11.8 Å². The van der Waals surface area contributed by atoms with Crippen LogP contribution in [0.25, 0.3) is 0 Å². The van der Waals surface area contributed by atoms with Crippen LogP contribution in [-0.4, -0.2) is 35.7 Å². The van der Waals surface area contributed by atoms with E-state index in [1.807, 2.05) is 24.3 Å². The van der Waals surface area contributed by atoms with Crippen LogP contribution in [-0.2, 0) is 6.42 Å². The molecule has 1 aromatic heterocycles. The van der Waals surface area contributed by atoms with Crippen molar-refractivity contribution in [2.75, 3.05) is 26.1 Å². The second-order valence-electron chi connectivity index (χ2n) is 3.94. The minimum absolute atomic E-state index is 0.101. The van der Waals surface area contributed by atoms with E-state index in [4.69, 9.17) is 21.1 Å². The molecule has 2 rings (SSSR count). The van der Waals surface area contributed by atoms with Gasteiger partial charge in [-0.25, -0.2) is 0 Å². The van der Waals surface area contributed by atoms with Gasteiger partial charge in [-0.1, -0.05) is 12.1 Å². The van der Waals surface area contributed by atoms with E-state index >= 15 is 0 Å². The molecule has 1 heterocycles. The molecule has 0 atom stereocenters. The molecule has 7 heteroatoms. The molecule has 0 aliphatic carbocycles. The van der Waals surface area contributed by atoms with Crippen molar-refractivity contribution in [2.45, 2.75) is 6.42 Å². The highest BCUT2D eigenvalue weighted by Crippen LogP contribution is 2.13. The Morgan fingerprint density at radius 2 is 1.80 bits per heavy atom. The van der Waals surface area contributed by atoms with Gasteiger partial charge in [0.2, 0.25) is 11.2 Å². The summed E-state index contributed by atoms with van der Waals surface area (Å²) < 4.78 is 10.0. The second-order valence-corrected chi connectivity index (χ2v) is 4.28. The van der Waals surface area contributed by atoms with Gasteiger partial charge >= 0.3 is 6.01 Å². The van der Waals surface area contributed by atoms with Crippen LogP contribution in [0.5, 0.6) is 11.8 Å². The summed E-state index contributed by atoms with van der Waals surface area (Å²) in [6.45, 7) is 0.676. The molecule has 20 heavy (non-hydrogen) atoms. The molecule has 0 radical (unpaired) electrons. The van der Waals surface area contributed by atoms with E-state index in [-0.39, 0.29) is 11.3 Å². The Morgan fingerprint density at radius 1 is 1.05 bits per heavy atom. The molecule has 106 valence electrons. The van der Waals surface area contributed by atoms with Crippen LogP contribution < -0.4 is 14.8 Å². The Labute approximate surface area is 122 Å². The first-order chi connectivity index (χ1) is 9.71. The third-order valence-corrected chi connectivity index (χ3v) is 2.80. The fraction of sp³-hybridized carbons (Fsp3) is 0.308. The number of rotatable bonds is 6. The van der Waals surface area contributed by atoms with Gasteiger partial charge in [-0.15, -0.1) is 0 Å². The zero-order valence-corrected chi connectivity index (χ0v) is 12.0. The molecule has 0 fully saturated rings. The van der Waals surface area contributed by atoms with Crippen LogP contribution in [0.2, 0.25) is 5.28 Å². The van der Waals surface area contributed by atoms with E-state index in [0.29, 0.717) is 12.5 Å². The highest BCUT2D eigenvalue weighted by Gasteiger charge is 2.04. The number of benzene rings is 1. The molecule has 1 N–H and O–H groups in total. The summed E-state index contributed by atoms with van der Waals surface area (Å²) in [5, 5.41) is 3.18.